The van der Waals surface area contributed by atoms with E-state index < -0.39 is 6.04 Å². The number of amides is 1. The van der Waals surface area contributed by atoms with Crippen molar-refractivity contribution in [2.24, 2.45) is 0 Å². The number of rotatable bonds is 7. The van der Waals surface area contributed by atoms with E-state index in [0.717, 1.165) is 5.56 Å². The number of carbonyl (C=O) groups is 2. The molecule has 2 aromatic carbocycles. The number of nitriles is 1. The fraction of sp³-hybridized carbons (Fsp3) is 0.286. The molecule has 3 rings (SSSR count). The molecule has 1 heterocycles. The number of hydrogen-bond acceptors (Lipinski definition) is 5. The number of hydrogen-bond donors (Lipinski definition) is 0. The number of ketones is 1. The van der Waals surface area contributed by atoms with Crippen LogP contribution in [0.4, 0.5) is 0 Å². The topological polar surface area (TPSA) is 83.3 Å². The van der Waals surface area contributed by atoms with Gasteiger partial charge in [-0.3, -0.25) is 9.59 Å². The van der Waals surface area contributed by atoms with Gasteiger partial charge in [-0.1, -0.05) is 57.2 Å². The monoisotopic (exact) mass is 455 g/mol. The normalized spacial score (nSPS) is 11.9. The predicted octanol–water partition coefficient (Wildman–Crippen LogP) is 4.88. The third-order valence-electron chi connectivity index (χ3n) is 5.77. The van der Waals surface area contributed by atoms with Crippen LogP contribution in [0.25, 0.3) is 0 Å². The van der Waals surface area contributed by atoms with Gasteiger partial charge in [-0.05, 0) is 46.4 Å². The van der Waals surface area contributed by atoms with Crippen LogP contribution in [0.15, 0.2) is 66.9 Å². The van der Waals surface area contributed by atoms with Gasteiger partial charge >= 0.3 is 0 Å². The number of methoxy groups -OCH3 is 1. The molecule has 0 spiro atoms. The van der Waals surface area contributed by atoms with E-state index >= 15 is 0 Å². The van der Waals surface area contributed by atoms with Crippen molar-refractivity contribution in [3.63, 3.8) is 0 Å². The van der Waals surface area contributed by atoms with Gasteiger partial charge in [0.05, 0.1) is 12.7 Å². The third-order valence-corrected chi connectivity index (χ3v) is 5.77. The van der Waals surface area contributed by atoms with E-state index in [-0.39, 0.29) is 29.2 Å². The molecule has 0 aliphatic carbocycles. The average Bonchev–Trinajstić information content (AvgIpc) is 2.84. The van der Waals surface area contributed by atoms with Crippen molar-refractivity contribution in [1.82, 2.24) is 9.88 Å². The Labute approximate surface area is 200 Å². The highest BCUT2D eigenvalue weighted by Gasteiger charge is 2.29. The maximum absolute atomic E-state index is 13.5. The summed E-state index contributed by atoms with van der Waals surface area (Å²) in [7, 11) is 3.18. The molecule has 0 aliphatic heterocycles. The smallest absolute Gasteiger partial charge is 0.256 e. The quantitative estimate of drug-likeness (QED) is 0.507. The van der Waals surface area contributed by atoms with E-state index in [1.54, 1.807) is 44.5 Å². The van der Waals surface area contributed by atoms with Crippen LogP contribution < -0.4 is 4.74 Å². The first-order valence-electron chi connectivity index (χ1n) is 11.0. The highest BCUT2D eigenvalue weighted by atomic mass is 16.5. The summed E-state index contributed by atoms with van der Waals surface area (Å²) in [6, 6.07) is 19.3. The lowest BCUT2D eigenvalue weighted by molar-refractivity contribution is -0.122. The number of aromatic nitrogens is 1. The third kappa shape index (κ3) is 5.68. The summed E-state index contributed by atoms with van der Waals surface area (Å²) >= 11 is 0. The number of benzene rings is 2. The van der Waals surface area contributed by atoms with Crippen LogP contribution in [0.1, 0.15) is 59.6 Å². The molecule has 1 amide bonds. The van der Waals surface area contributed by atoms with Crippen molar-refractivity contribution >= 4 is 11.7 Å². The van der Waals surface area contributed by atoms with E-state index in [1.807, 2.05) is 30.3 Å². The van der Waals surface area contributed by atoms with Crippen LogP contribution in [0.5, 0.6) is 5.75 Å². The largest absolute Gasteiger partial charge is 0.497 e. The van der Waals surface area contributed by atoms with Crippen molar-refractivity contribution in [2.75, 3.05) is 14.2 Å². The molecule has 6 heteroatoms. The van der Waals surface area contributed by atoms with Gasteiger partial charge in [0.1, 0.15) is 23.6 Å². The number of carbonyl (C=O) groups excluding carboxylic acids is 2. The minimum absolute atomic E-state index is 0.0237. The van der Waals surface area contributed by atoms with Crippen LogP contribution >= 0.6 is 0 Å². The van der Waals surface area contributed by atoms with Crippen LogP contribution in [-0.4, -0.2) is 35.7 Å². The van der Waals surface area contributed by atoms with E-state index in [4.69, 9.17) is 10.00 Å². The van der Waals surface area contributed by atoms with Crippen LogP contribution in [0, 0.1) is 11.3 Å². The molecule has 174 valence electrons. The first-order chi connectivity index (χ1) is 16.1. The Kier molecular flexibility index (Phi) is 7.47. The van der Waals surface area contributed by atoms with E-state index in [2.05, 4.69) is 25.8 Å². The number of nitrogens with zero attached hydrogens (tertiary/aromatic N) is 3. The van der Waals surface area contributed by atoms with E-state index in [1.165, 1.54) is 22.7 Å². The molecule has 0 saturated carbocycles. The molecule has 0 N–H and O–H groups in total. The van der Waals surface area contributed by atoms with Gasteiger partial charge in [0, 0.05) is 19.7 Å². The molecule has 1 unspecified atom stereocenters. The van der Waals surface area contributed by atoms with Crippen molar-refractivity contribution in [3.05, 3.63) is 94.8 Å². The second kappa shape index (κ2) is 10.3. The highest BCUT2D eigenvalue weighted by Crippen LogP contribution is 2.27. The number of Topliss-reactive ketones (excluding diaryl/α,β-unsaturated/α-hetero) is 1. The standard InChI is InChI=1S/C28H29N3O3/c1-28(2,3)22-11-6-19(7-12-22)16-25(32)26(20-9-14-24(34-5)15-10-20)31(4)27(33)21-8-13-23(17-29)30-18-21/h6-15,18,26H,16H2,1-5H3. The first kappa shape index (κ1) is 24.7. The maximum Gasteiger partial charge on any atom is 0.256 e. The van der Waals surface area contributed by atoms with Gasteiger partial charge < -0.3 is 9.64 Å². The summed E-state index contributed by atoms with van der Waals surface area (Å²) in [5, 5.41) is 8.97. The molecule has 0 aliphatic rings. The van der Waals surface area contributed by atoms with Crippen LogP contribution in [0.2, 0.25) is 0 Å². The molecule has 0 fully saturated rings. The summed E-state index contributed by atoms with van der Waals surface area (Å²) in [6.07, 6.45) is 1.54. The van der Waals surface area contributed by atoms with Crippen molar-refractivity contribution < 1.29 is 14.3 Å². The Morgan fingerprint density at radius 3 is 2.18 bits per heavy atom. The fourth-order valence-electron chi connectivity index (χ4n) is 3.74. The molecule has 0 bridgehead atoms. The molecule has 0 radical (unpaired) electrons. The first-order valence-corrected chi connectivity index (χ1v) is 11.0. The maximum atomic E-state index is 13.5. The Hall–Kier alpha value is -3.98. The minimum atomic E-state index is -0.795. The summed E-state index contributed by atoms with van der Waals surface area (Å²) in [5.41, 5.74) is 3.32. The zero-order valence-electron chi connectivity index (χ0n) is 20.2. The zero-order chi connectivity index (χ0) is 24.9. The molecule has 3 aromatic rings. The van der Waals surface area contributed by atoms with Crippen molar-refractivity contribution in [2.45, 2.75) is 38.6 Å². The van der Waals surface area contributed by atoms with Gasteiger partial charge in [-0.2, -0.15) is 5.26 Å². The van der Waals surface area contributed by atoms with E-state index in [0.29, 0.717) is 16.9 Å². The second-order valence-corrected chi connectivity index (χ2v) is 9.23. The van der Waals surface area contributed by atoms with Crippen molar-refractivity contribution in [3.8, 4) is 11.8 Å². The van der Waals surface area contributed by atoms with Gasteiger partial charge in [0.2, 0.25) is 0 Å². The second-order valence-electron chi connectivity index (χ2n) is 9.23. The summed E-state index contributed by atoms with van der Waals surface area (Å²) < 4.78 is 5.24. The van der Waals surface area contributed by atoms with Gasteiger partial charge in [-0.15, -0.1) is 0 Å². The van der Waals surface area contributed by atoms with Crippen LogP contribution in [-0.2, 0) is 16.6 Å². The average molecular weight is 456 g/mol. The molecular formula is C28H29N3O3. The fourth-order valence-corrected chi connectivity index (χ4v) is 3.74. The highest BCUT2D eigenvalue weighted by molar-refractivity contribution is 5.98. The number of ether oxygens (including phenoxy) is 1. The lowest BCUT2D eigenvalue weighted by Gasteiger charge is -2.28. The van der Waals surface area contributed by atoms with Crippen LogP contribution in [0.3, 0.4) is 0 Å². The summed E-state index contributed by atoms with van der Waals surface area (Å²) in [4.78, 5) is 32.2. The molecule has 0 saturated heterocycles. The Balaban J connectivity index is 1.91. The SMILES string of the molecule is COc1ccc(C(C(=O)Cc2ccc(C(C)(C)C)cc2)N(C)C(=O)c2ccc(C#N)nc2)cc1. The lowest BCUT2D eigenvalue weighted by Crippen LogP contribution is -2.36. The zero-order valence-corrected chi connectivity index (χ0v) is 20.2. The number of pyridine rings is 1. The van der Waals surface area contributed by atoms with Gasteiger partial charge in [0.25, 0.3) is 5.91 Å². The van der Waals surface area contributed by atoms with E-state index in [9.17, 15) is 9.59 Å². The van der Waals surface area contributed by atoms with Crippen molar-refractivity contribution in [1.29, 1.82) is 5.26 Å². The Bertz CT molecular complexity index is 1190. The predicted molar refractivity (Wildman–Crippen MR) is 131 cm³/mol. The molecule has 34 heavy (non-hydrogen) atoms. The lowest BCUT2D eigenvalue weighted by atomic mass is 9.86. The summed E-state index contributed by atoms with van der Waals surface area (Å²) in [6.45, 7) is 6.43. The molecule has 6 nitrogen and oxygen atoms in total. The molecule has 1 aromatic heterocycles. The summed E-state index contributed by atoms with van der Waals surface area (Å²) in [5.74, 6) is 0.207. The molecule has 1 atom stereocenters. The number of likely N-dealkylation sites (N-methyl/N-ethyl adjacent to an activating group) is 1. The Morgan fingerprint density at radius 2 is 1.68 bits per heavy atom. The van der Waals surface area contributed by atoms with Gasteiger partial charge in [0.15, 0.2) is 5.78 Å². The van der Waals surface area contributed by atoms with Gasteiger partial charge in [-0.25, -0.2) is 4.98 Å². The molecular weight excluding hydrogens is 426 g/mol. The Morgan fingerprint density at radius 1 is 1.03 bits per heavy atom. The minimum Gasteiger partial charge on any atom is -0.497 e.